The number of esters is 1. The number of aromatic nitrogens is 3. The summed E-state index contributed by atoms with van der Waals surface area (Å²) in [5.74, 6) is -2.38. The topological polar surface area (TPSA) is 115 Å². The number of rotatable bonds is 7. The normalized spacial score (nSPS) is 11.0. The second-order valence-corrected chi connectivity index (χ2v) is 6.90. The molecule has 0 radical (unpaired) electrons. The van der Waals surface area contributed by atoms with Crippen molar-refractivity contribution in [1.82, 2.24) is 20.1 Å². The van der Waals surface area contributed by atoms with Crippen molar-refractivity contribution in [1.29, 1.82) is 0 Å². The quantitative estimate of drug-likeness (QED) is 0.501. The van der Waals surface area contributed by atoms with Gasteiger partial charge in [0.15, 0.2) is 6.61 Å². The number of hydrogen-bond donors (Lipinski definition) is 2. The third-order valence-corrected chi connectivity index (χ3v) is 4.38. The number of alkyl halides is 3. The van der Waals surface area contributed by atoms with Gasteiger partial charge in [-0.15, -0.1) is 0 Å². The van der Waals surface area contributed by atoms with E-state index >= 15 is 0 Å². The lowest BCUT2D eigenvalue weighted by Gasteiger charge is -2.14. The zero-order chi connectivity index (χ0) is 24.0. The monoisotopic (exact) mass is 481 g/mol. The van der Waals surface area contributed by atoms with Crippen LogP contribution in [0.3, 0.4) is 0 Å². The molecule has 2 aromatic carbocycles. The summed E-state index contributed by atoms with van der Waals surface area (Å²) in [5.41, 5.74) is -0.832. The van der Waals surface area contributed by atoms with Crippen molar-refractivity contribution in [3.8, 4) is 5.69 Å². The van der Waals surface area contributed by atoms with E-state index in [4.69, 9.17) is 16.3 Å². The molecule has 2 N–H and O–H groups in total. The molecular formula is C20H15ClF3N5O4. The number of ether oxygens (including phenoxy) is 1. The van der Waals surface area contributed by atoms with Crippen LogP contribution in [0.15, 0.2) is 55.1 Å². The standard InChI is InChI=1S/C20H15ClF3N5O4/c21-14-4-1-12(2-5-14)19(32)26-8-18(31)33-9-17(30)28-15-7-13(20(22,23)24)3-6-16(15)29-11-25-10-27-29/h1-7,10-11H,8-9H2,(H,26,32)(H,28,30). The number of carbonyl (C=O) groups is 3. The molecule has 172 valence electrons. The first-order valence-electron chi connectivity index (χ1n) is 9.19. The number of anilines is 1. The van der Waals surface area contributed by atoms with Crippen LogP contribution in [0.5, 0.6) is 0 Å². The summed E-state index contributed by atoms with van der Waals surface area (Å²) in [7, 11) is 0. The highest BCUT2D eigenvalue weighted by molar-refractivity contribution is 6.30. The predicted molar refractivity (Wildman–Crippen MR) is 110 cm³/mol. The van der Waals surface area contributed by atoms with Gasteiger partial charge in [0, 0.05) is 10.6 Å². The number of amides is 2. The van der Waals surface area contributed by atoms with Crippen LogP contribution in [0.4, 0.5) is 18.9 Å². The van der Waals surface area contributed by atoms with Gasteiger partial charge in [-0.3, -0.25) is 14.4 Å². The Morgan fingerprint density at radius 3 is 2.45 bits per heavy atom. The van der Waals surface area contributed by atoms with E-state index in [0.29, 0.717) is 5.02 Å². The van der Waals surface area contributed by atoms with E-state index in [1.807, 2.05) is 0 Å². The lowest BCUT2D eigenvalue weighted by molar-refractivity contribution is -0.146. The molecule has 0 unspecified atom stereocenters. The van der Waals surface area contributed by atoms with Gasteiger partial charge >= 0.3 is 12.1 Å². The minimum Gasteiger partial charge on any atom is -0.454 e. The fourth-order valence-electron chi connectivity index (χ4n) is 2.58. The van der Waals surface area contributed by atoms with Crippen molar-refractivity contribution in [2.45, 2.75) is 6.18 Å². The summed E-state index contributed by atoms with van der Waals surface area (Å²) in [5, 5.41) is 8.84. The van der Waals surface area contributed by atoms with Gasteiger partial charge < -0.3 is 15.4 Å². The van der Waals surface area contributed by atoms with Gasteiger partial charge in [-0.05, 0) is 42.5 Å². The molecule has 9 nitrogen and oxygen atoms in total. The Bertz CT molecular complexity index is 1150. The molecule has 0 atom stereocenters. The van der Waals surface area contributed by atoms with Crippen LogP contribution in [0, 0.1) is 0 Å². The largest absolute Gasteiger partial charge is 0.454 e. The maximum atomic E-state index is 13.1. The summed E-state index contributed by atoms with van der Waals surface area (Å²) in [4.78, 5) is 39.7. The highest BCUT2D eigenvalue weighted by Gasteiger charge is 2.31. The summed E-state index contributed by atoms with van der Waals surface area (Å²) >= 11 is 5.74. The molecule has 0 aliphatic heterocycles. The molecule has 3 rings (SSSR count). The van der Waals surface area contributed by atoms with Gasteiger partial charge in [-0.25, -0.2) is 9.67 Å². The maximum Gasteiger partial charge on any atom is 0.416 e. The van der Waals surface area contributed by atoms with Crippen LogP contribution in [0.25, 0.3) is 5.69 Å². The summed E-state index contributed by atoms with van der Waals surface area (Å²) < 4.78 is 45.1. The Hall–Kier alpha value is -3.93. The van der Waals surface area contributed by atoms with E-state index in [2.05, 4.69) is 20.7 Å². The first-order valence-corrected chi connectivity index (χ1v) is 9.57. The number of carbonyl (C=O) groups excluding carboxylic acids is 3. The van der Waals surface area contributed by atoms with Crippen molar-refractivity contribution >= 4 is 35.1 Å². The van der Waals surface area contributed by atoms with Gasteiger partial charge in [-0.1, -0.05) is 11.6 Å². The second-order valence-electron chi connectivity index (χ2n) is 6.47. The number of nitrogens with one attached hydrogen (secondary N) is 2. The van der Waals surface area contributed by atoms with Gasteiger partial charge in [0.1, 0.15) is 19.2 Å². The third kappa shape index (κ3) is 6.53. The van der Waals surface area contributed by atoms with Gasteiger partial charge in [-0.2, -0.15) is 18.3 Å². The summed E-state index contributed by atoms with van der Waals surface area (Å²) in [6, 6.07) is 8.59. The molecule has 0 aliphatic rings. The third-order valence-electron chi connectivity index (χ3n) is 4.13. The Morgan fingerprint density at radius 2 is 1.82 bits per heavy atom. The number of nitrogens with zero attached hydrogens (tertiary/aromatic N) is 3. The smallest absolute Gasteiger partial charge is 0.416 e. The van der Waals surface area contributed by atoms with Crippen molar-refractivity contribution in [3.63, 3.8) is 0 Å². The SMILES string of the molecule is O=C(COC(=O)CNC(=O)c1ccc(Cl)cc1)Nc1cc(C(F)(F)F)ccc1-n1cncn1. The molecule has 1 heterocycles. The van der Waals surface area contributed by atoms with E-state index in [1.165, 1.54) is 36.9 Å². The van der Waals surface area contributed by atoms with E-state index in [1.54, 1.807) is 0 Å². The van der Waals surface area contributed by atoms with Crippen LogP contribution in [-0.4, -0.2) is 45.7 Å². The molecule has 0 spiro atoms. The predicted octanol–water partition coefficient (Wildman–Crippen LogP) is 2.85. The molecule has 0 saturated carbocycles. The summed E-state index contributed by atoms with van der Waals surface area (Å²) in [6.07, 6.45) is -2.24. The van der Waals surface area contributed by atoms with Gasteiger partial charge in [0.2, 0.25) is 0 Å². The van der Waals surface area contributed by atoms with E-state index in [9.17, 15) is 27.6 Å². The maximum absolute atomic E-state index is 13.1. The highest BCUT2D eigenvalue weighted by atomic mass is 35.5. The average molecular weight is 482 g/mol. The number of hydrogen-bond acceptors (Lipinski definition) is 6. The van der Waals surface area contributed by atoms with Crippen molar-refractivity contribution in [2.75, 3.05) is 18.5 Å². The molecule has 3 aromatic rings. The van der Waals surface area contributed by atoms with Crippen LogP contribution in [-0.2, 0) is 20.5 Å². The minimum atomic E-state index is -4.64. The van der Waals surface area contributed by atoms with E-state index < -0.39 is 42.7 Å². The lowest BCUT2D eigenvalue weighted by Crippen LogP contribution is -2.32. The molecule has 0 aliphatic carbocycles. The average Bonchev–Trinajstić information content (AvgIpc) is 3.30. The van der Waals surface area contributed by atoms with E-state index in [0.717, 1.165) is 22.9 Å². The first kappa shape index (κ1) is 23.7. The first-order chi connectivity index (χ1) is 15.6. The van der Waals surface area contributed by atoms with Crippen LogP contribution in [0.2, 0.25) is 5.02 Å². The molecule has 33 heavy (non-hydrogen) atoms. The summed E-state index contributed by atoms with van der Waals surface area (Å²) in [6.45, 7) is -1.31. The zero-order valence-electron chi connectivity index (χ0n) is 16.6. The Labute approximate surface area is 189 Å². The molecule has 13 heteroatoms. The molecule has 1 aromatic heterocycles. The van der Waals surface area contributed by atoms with Crippen LogP contribution < -0.4 is 10.6 Å². The lowest BCUT2D eigenvalue weighted by atomic mass is 10.1. The van der Waals surface area contributed by atoms with E-state index in [-0.39, 0.29) is 16.9 Å². The van der Waals surface area contributed by atoms with Crippen molar-refractivity contribution < 1.29 is 32.3 Å². The second kappa shape index (κ2) is 10.1. The minimum absolute atomic E-state index is 0.121. The van der Waals surface area contributed by atoms with Gasteiger partial charge in [0.05, 0.1) is 16.9 Å². The van der Waals surface area contributed by atoms with Crippen LogP contribution in [0.1, 0.15) is 15.9 Å². The molecule has 0 saturated heterocycles. The fraction of sp³-hybridized carbons (Fsp3) is 0.150. The number of halogens is 4. The highest BCUT2D eigenvalue weighted by Crippen LogP contribution is 2.33. The Kier molecular flexibility index (Phi) is 7.28. The van der Waals surface area contributed by atoms with Crippen molar-refractivity contribution in [2.24, 2.45) is 0 Å². The molecule has 2 amide bonds. The Morgan fingerprint density at radius 1 is 1.09 bits per heavy atom. The fourth-order valence-corrected chi connectivity index (χ4v) is 2.71. The molecule has 0 bridgehead atoms. The molecular weight excluding hydrogens is 467 g/mol. The molecule has 0 fully saturated rings. The Balaban J connectivity index is 1.58. The van der Waals surface area contributed by atoms with Crippen molar-refractivity contribution in [3.05, 3.63) is 71.3 Å². The zero-order valence-corrected chi connectivity index (χ0v) is 17.4. The van der Waals surface area contributed by atoms with Gasteiger partial charge in [0.25, 0.3) is 11.8 Å². The number of benzene rings is 2. The van der Waals surface area contributed by atoms with Crippen LogP contribution >= 0.6 is 11.6 Å².